The molecule has 0 saturated carbocycles. The van der Waals surface area contributed by atoms with Gasteiger partial charge in [-0.1, -0.05) is 6.07 Å². The zero-order valence-corrected chi connectivity index (χ0v) is 8.08. The zero-order valence-electron chi connectivity index (χ0n) is 8.08. The second-order valence-electron chi connectivity index (χ2n) is 3.83. The van der Waals surface area contributed by atoms with Crippen LogP contribution in [0.4, 0.5) is 0 Å². The topological polar surface area (TPSA) is 54.0 Å². The van der Waals surface area contributed by atoms with Gasteiger partial charge < -0.3 is 10.6 Å². The Hall–Kier alpha value is -1.42. The molecule has 2 rings (SSSR count). The van der Waals surface area contributed by atoms with Gasteiger partial charge >= 0.3 is 0 Å². The molecule has 0 bridgehead atoms. The molecule has 2 N–H and O–H groups in total. The molecule has 0 unspecified atom stereocenters. The van der Waals surface area contributed by atoms with E-state index in [1.54, 1.807) is 18.3 Å². The van der Waals surface area contributed by atoms with Crippen LogP contribution in [0.15, 0.2) is 24.4 Å². The van der Waals surface area contributed by atoms with Gasteiger partial charge in [-0.2, -0.15) is 0 Å². The Labute approximate surface area is 82.7 Å². The molecule has 2 heterocycles. The Morgan fingerprint density at radius 3 is 2.86 bits per heavy atom. The molecule has 1 fully saturated rings. The van der Waals surface area contributed by atoms with Crippen LogP contribution in [0.1, 0.15) is 17.4 Å². The SMILES string of the molecule is CC1(NC(=O)c2ccccn2)CNC1. The van der Waals surface area contributed by atoms with Crippen molar-refractivity contribution >= 4 is 5.91 Å². The van der Waals surface area contributed by atoms with Gasteiger partial charge in [-0.05, 0) is 19.1 Å². The van der Waals surface area contributed by atoms with Crippen LogP contribution >= 0.6 is 0 Å². The Kier molecular flexibility index (Phi) is 2.21. The third kappa shape index (κ3) is 1.75. The third-order valence-electron chi connectivity index (χ3n) is 2.34. The van der Waals surface area contributed by atoms with Gasteiger partial charge in [0, 0.05) is 19.3 Å². The fraction of sp³-hybridized carbons (Fsp3) is 0.400. The summed E-state index contributed by atoms with van der Waals surface area (Å²) in [6, 6.07) is 5.32. The van der Waals surface area contributed by atoms with E-state index in [-0.39, 0.29) is 11.4 Å². The molecule has 1 aromatic rings. The quantitative estimate of drug-likeness (QED) is 0.700. The number of hydrogen-bond acceptors (Lipinski definition) is 3. The molecule has 1 aliphatic heterocycles. The molecule has 1 saturated heterocycles. The standard InChI is InChI=1S/C10H13N3O/c1-10(6-11-7-10)13-9(14)8-4-2-3-5-12-8/h2-5,11H,6-7H2,1H3,(H,13,14). The van der Waals surface area contributed by atoms with Crippen LogP contribution in [-0.2, 0) is 0 Å². The largest absolute Gasteiger partial charge is 0.343 e. The molecule has 0 aliphatic carbocycles. The van der Waals surface area contributed by atoms with Crippen LogP contribution < -0.4 is 10.6 Å². The van der Waals surface area contributed by atoms with E-state index in [0.29, 0.717) is 5.69 Å². The second-order valence-corrected chi connectivity index (χ2v) is 3.83. The van der Waals surface area contributed by atoms with Crippen molar-refractivity contribution < 1.29 is 4.79 Å². The molecular formula is C10H13N3O. The van der Waals surface area contributed by atoms with Crippen molar-refractivity contribution in [1.82, 2.24) is 15.6 Å². The normalized spacial score (nSPS) is 18.4. The summed E-state index contributed by atoms with van der Waals surface area (Å²) < 4.78 is 0. The highest BCUT2D eigenvalue weighted by atomic mass is 16.2. The summed E-state index contributed by atoms with van der Waals surface area (Å²) in [5.41, 5.74) is 0.370. The molecule has 74 valence electrons. The number of amides is 1. The first kappa shape index (κ1) is 9.15. The maximum atomic E-state index is 11.7. The molecule has 1 aliphatic rings. The Bertz CT molecular complexity index is 332. The van der Waals surface area contributed by atoms with E-state index < -0.39 is 0 Å². The summed E-state index contributed by atoms with van der Waals surface area (Å²) >= 11 is 0. The number of carbonyl (C=O) groups is 1. The Morgan fingerprint density at radius 2 is 2.36 bits per heavy atom. The molecule has 1 aromatic heterocycles. The van der Waals surface area contributed by atoms with Gasteiger partial charge in [0.15, 0.2) is 0 Å². The monoisotopic (exact) mass is 191 g/mol. The first-order chi connectivity index (χ1) is 6.70. The lowest BCUT2D eigenvalue weighted by atomic mass is 9.95. The Morgan fingerprint density at radius 1 is 1.57 bits per heavy atom. The predicted molar refractivity (Wildman–Crippen MR) is 53.0 cm³/mol. The number of carbonyl (C=O) groups excluding carboxylic acids is 1. The number of aromatic nitrogens is 1. The van der Waals surface area contributed by atoms with E-state index in [1.807, 2.05) is 13.0 Å². The van der Waals surface area contributed by atoms with Gasteiger partial charge in [0.1, 0.15) is 5.69 Å². The highest BCUT2D eigenvalue weighted by molar-refractivity contribution is 5.92. The summed E-state index contributed by atoms with van der Waals surface area (Å²) in [4.78, 5) is 15.6. The average molecular weight is 191 g/mol. The van der Waals surface area contributed by atoms with Crippen molar-refractivity contribution in [3.05, 3.63) is 30.1 Å². The summed E-state index contributed by atoms with van der Waals surface area (Å²) in [7, 11) is 0. The minimum absolute atomic E-state index is 0.102. The highest BCUT2D eigenvalue weighted by Crippen LogP contribution is 2.09. The summed E-state index contributed by atoms with van der Waals surface area (Å²) in [5, 5.41) is 6.07. The lowest BCUT2D eigenvalue weighted by molar-refractivity contribution is 0.0867. The first-order valence-electron chi connectivity index (χ1n) is 4.64. The maximum Gasteiger partial charge on any atom is 0.270 e. The van der Waals surface area contributed by atoms with Gasteiger partial charge in [-0.3, -0.25) is 9.78 Å². The molecule has 0 aromatic carbocycles. The molecule has 0 spiro atoms. The number of nitrogens with zero attached hydrogens (tertiary/aromatic N) is 1. The fourth-order valence-corrected chi connectivity index (χ4v) is 1.42. The second kappa shape index (κ2) is 3.38. The minimum Gasteiger partial charge on any atom is -0.343 e. The van der Waals surface area contributed by atoms with E-state index >= 15 is 0 Å². The lowest BCUT2D eigenvalue weighted by Gasteiger charge is -2.39. The number of nitrogens with one attached hydrogen (secondary N) is 2. The van der Waals surface area contributed by atoms with E-state index in [0.717, 1.165) is 13.1 Å². The fourth-order valence-electron chi connectivity index (χ4n) is 1.42. The van der Waals surface area contributed by atoms with Crippen LogP contribution in [0.2, 0.25) is 0 Å². The van der Waals surface area contributed by atoms with Crippen LogP contribution in [0.25, 0.3) is 0 Å². The molecule has 0 atom stereocenters. The van der Waals surface area contributed by atoms with Gasteiger partial charge in [0.25, 0.3) is 5.91 Å². The van der Waals surface area contributed by atoms with Gasteiger partial charge in [-0.25, -0.2) is 0 Å². The number of hydrogen-bond donors (Lipinski definition) is 2. The van der Waals surface area contributed by atoms with Crippen LogP contribution in [0.3, 0.4) is 0 Å². The molecular weight excluding hydrogens is 178 g/mol. The molecule has 0 radical (unpaired) electrons. The van der Waals surface area contributed by atoms with Crippen molar-refractivity contribution in [2.24, 2.45) is 0 Å². The highest BCUT2D eigenvalue weighted by Gasteiger charge is 2.33. The molecule has 14 heavy (non-hydrogen) atoms. The van der Waals surface area contributed by atoms with Crippen molar-refractivity contribution in [3.63, 3.8) is 0 Å². The van der Waals surface area contributed by atoms with Gasteiger partial charge in [-0.15, -0.1) is 0 Å². The van der Waals surface area contributed by atoms with Crippen LogP contribution in [0.5, 0.6) is 0 Å². The van der Waals surface area contributed by atoms with Crippen molar-refractivity contribution in [1.29, 1.82) is 0 Å². The van der Waals surface area contributed by atoms with Gasteiger partial charge in [0.2, 0.25) is 0 Å². The maximum absolute atomic E-state index is 11.7. The predicted octanol–water partition coefficient (Wildman–Crippen LogP) is 0.173. The Balaban J connectivity index is 2.03. The summed E-state index contributed by atoms with van der Waals surface area (Å²) in [6.45, 7) is 3.67. The lowest BCUT2D eigenvalue weighted by Crippen LogP contribution is -2.67. The zero-order chi connectivity index (χ0) is 10.0. The smallest absolute Gasteiger partial charge is 0.270 e. The number of pyridine rings is 1. The van der Waals surface area contributed by atoms with E-state index in [2.05, 4.69) is 15.6 Å². The summed E-state index contributed by atoms with van der Waals surface area (Å²) in [5.74, 6) is -0.102. The molecule has 1 amide bonds. The van der Waals surface area contributed by atoms with E-state index in [9.17, 15) is 4.79 Å². The van der Waals surface area contributed by atoms with E-state index in [4.69, 9.17) is 0 Å². The third-order valence-corrected chi connectivity index (χ3v) is 2.34. The molecule has 4 nitrogen and oxygen atoms in total. The van der Waals surface area contributed by atoms with Crippen LogP contribution in [0, 0.1) is 0 Å². The van der Waals surface area contributed by atoms with E-state index in [1.165, 1.54) is 0 Å². The van der Waals surface area contributed by atoms with Crippen molar-refractivity contribution in [2.75, 3.05) is 13.1 Å². The molecule has 4 heteroatoms. The summed E-state index contributed by atoms with van der Waals surface area (Å²) in [6.07, 6.45) is 1.62. The average Bonchev–Trinajstić information content (AvgIpc) is 2.17. The number of rotatable bonds is 2. The van der Waals surface area contributed by atoms with Gasteiger partial charge in [0.05, 0.1) is 5.54 Å². The van der Waals surface area contributed by atoms with Crippen LogP contribution in [-0.4, -0.2) is 29.5 Å². The van der Waals surface area contributed by atoms with Crippen molar-refractivity contribution in [3.8, 4) is 0 Å². The first-order valence-corrected chi connectivity index (χ1v) is 4.64. The minimum atomic E-state index is -0.103. The van der Waals surface area contributed by atoms with Crippen molar-refractivity contribution in [2.45, 2.75) is 12.5 Å².